The molecule has 0 aliphatic carbocycles. The van der Waals surface area contributed by atoms with Crippen LogP contribution in [0.5, 0.6) is 5.75 Å². The van der Waals surface area contributed by atoms with Crippen LogP contribution in [0.25, 0.3) is 6.08 Å². The van der Waals surface area contributed by atoms with Gasteiger partial charge in [0.15, 0.2) is 0 Å². The lowest BCUT2D eigenvalue weighted by Gasteiger charge is -2.44. The Morgan fingerprint density at radius 3 is 1.98 bits per heavy atom. The van der Waals surface area contributed by atoms with Crippen LogP contribution in [0.3, 0.4) is 0 Å². The quantitative estimate of drug-likeness (QED) is 0.132. The average molecular weight is 759 g/mol. The standard InChI is InChI=1S/C42H33BrClN3O4/c43-30-14-11-26(12-15-30)25-51-38-16-13-27(22-37(38)44)21-36-40(48)45-42(50)47(41(36)49)31-23-34-32(28-7-3-1-4-8-28)17-19-46-20-18-33(35(24-31)39(34)46)29-9-5-2-6-10-29/h1-16,21-24,32-33H,17-20,25H2,(H,45,48,50)/b36-21+/t32-,33+. The lowest BCUT2D eigenvalue weighted by atomic mass is 9.76. The van der Waals surface area contributed by atoms with Crippen molar-refractivity contribution in [3.05, 3.63) is 164 Å². The van der Waals surface area contributed by atoms with E-state index in [1.54, 1.807) is 18.2 Å². The van der Waals surface area contributed by atoms with E-state index < -0.39 is 17.8 Å². The number of carbonyl (C=O) groups excluding carboxylic acids is 3. The van der Waals surface area contributed by atoms with Crippen molar-refractivity contribution in [1.29, 1.82) is 0 Å². The fraction of sp³-hybridized carbons (Fsp3) is 0.167. The van der Waals surface area contributed by atoms with Gasteiger partial charge in [-0.3, -0.25) is 14.9 Å². The molecule has 8 rings (SSSR count). The molecule has 2 atom stereocenters. The van der Waals surface area contributed by atoms with E-state index in [2.05, 4.69) is 50.4 Å². The van der Waals surface area contributed by atoms with Crippen LogP contribution in [0.4, 0.5) is 16.2 Å². The van der Waals surface area contributed by atoms with Gasteiger partial charge in [0.05, 0.1) is 10.7 Å². The highest BCUT2D eigenvalue weighted by Crippen LogP contribution is 2.50. The van der Waals surface area contributed by atoms with Gasteiger partial charge in [0.2, 0.25) is 0 Å². The highest BCUT2D eigenvalue weighted by atomic mass is 79.9. The zero-order valence-corrected chi connectivity index (χ0v) is 29.9. The second kappa shape index (κ2) is 13.9. The first-order valence-electron chi connectivity index (χ1n) is 16.9. The molecule has 0 bridgehead atoms. The Bertz CT molecular complexity index is 2120. The molecule has 5 aromatic carbocycles. The number of imide groups is 2. The number of barbiturate groups is 1. The summed E-state index contributed by atoms with van der Waals surface area (Å²) in [5, 5.41) is 2.74. The topological polar surface area (TPSA) is 79.0 Å². The molecule has 3 aliphatic rings. The van der Waals surface area contributed by atoms with Crippen LogP contribution in [-0.2, 0) is 16.2 Å². The third kappa shape index (κ3) is 6.46. The molecule has 0 saturated carbocycles. The smallest absolute Gasteiger partial charge is 0.335 e. The van der Waals surface area contributed by atoms with Gasteiger partial charge in [0, 0.05) is 35.1 Å². The van der Waals surface area contributed by atoms with Crippen LogP contribution >= 0.6 is 27.5 Å². The number of rotatable bonds is 7. The number of hydrogen-bond acceptors (Lipinski definition) is 5. The van der Waals surface area contributed by atoms with Gasteiger partial charge in [-0.2, -0.15) is 0 Å². The highest BCUT2D eigenvalue weighted by molar-refractivity contribution is 9.10. The van der Waals surface area contributed by atoms with Crippen molar-refractivity contribution in [2.24, 2.45) is 0 Å². The summed E-state index contributed by atoms with van der Waals surface area (Å²) in [6.45, 7) is 2.16. The van der Waals surface area contributed by atoms with Crippen molar-refractivity contribution in [2.75, 3.05) is 22.9 Å². The molecule has 1 saturated heterocycles. The number of urea groups is 1. The second-order valence-corrected chi connectivity index (χ2v) is 14.3. The zero-order valence-electron chi connectivity index (χ0n) is 27.5. The number of anilines is 2. The third-order valence-corrected chi connectivity index (χ3v) is 10.8. The molecule has 3 heterocycles. The predicted octanol–water partition coefficient (Wildman–Crippen LogP) is 9.23. The molecule has 5 aromatic rings. The van der Waals surface area contributed by atoms with Gasteiger partial charge in [0.25, 0.3) is 11.8 Å². The lowest BCUT2D eigenvalue weighted by Crippen LogP contribution is -2.54. The van der Waals surface area contributed by atoms with E-state index in [4.69, 9.17) is 16.3 Å². The summed E-state index contributed by atoms with van der Waals surface area (Å²) in [6, 6.07) is 36.7. The van der Waals surface area contributed by atoms with Crippen molar-refractivity contribution in [2.45, 2.75) is 31.3 Å². The molecule has 0 unspecified atom stereocenters. The number of benzene rings is 5. The number of ether oxygens (including phenoxy) is 1. The van der Waals surface area contributed by atoms with Crippen molar-refractivity contribution in [1.82, 2.24) is 5.32 Å². The van der Waals surface area contributed by atoms with Gasteiger partial charge in [-0.1, -0.05) is 106 Å². The third-order valence-electron chi connectivity index (χ3n) is 9.93. The van der Waals surface area contributed by atoms with E-state index in [0.29, 0.717) is 28.6 Å². The van der Waals surface area contributed by atoms with Gasteiger partial charge in [-0.15, -0.1) is 0 Å². The van der Waals surface area contributed by atoms with Crippen LogP contribution < -0.4 is 19.9 Å². The van der Waals surface area contributed by atoms with E-state index in [0.717, 1.165) is 52.0 Å². The molecule has 0 radical (unpaired) electrons. The Morgan fingerprint density at radius 2 is 1.39 bits per heavy atom. The lowest BCUT2D eigenvalue weighted by molar-refractivity contribution is -0.122. The number of carbonyl (C=O) groups is 3. The maximum atomic E-state index is 14.2. The number of halogens is 2. The Balaban J connectivity index is 1.16. The average Bonchev–Trinajstić information content (AvgIpc) is 3.14. The van der Waals surface area contributed by atoms with E-state index >= 15 is 0 Å². The van der Waals surface area contributed by atoms with Crippen LogP contribution in [0.2, 0.25) is 5.02 Å². The maximum absolute atomic E-state index is 14.2. The molecule has 1 N–H and O–H groups in total. The maximum Gasteiger partial charge on any atom is 0.335 e. The van der Waals surface area contributed by atoms with E-state index in [9.17, 15) is 14.4 Å². The van der Waals surface area contributed by atoms with Crippen molar-refractivity contribution in [3.63, 3.8) is 0 Å². The van der Waals surface area contributed by atoms with Gasteiger partial charge < -0.3 is 9.64 Å². The monoisotopic (exact) mass is 757 g/mol. The first-order chi connectivity index (χ1) is 24.8. The first-order valence-corrected chi connectivity index (χ1v) is 18.1. The minimum Gasteiger partial charge on any atom is -0.487 e. The van der Waals surface area contributed by atoms with E-state index in [1.165, 1.54) is 22.9 Å². The normalized spacial score (nSPS) is 19.2. The van der Waals surface area contributed by atoms with Crippen LogP contribution in [0.15, 0.2) is 125 Å². The summed E-state index contributed by atoms with van der Waals surface area (Å²) in [6.07, 6.45) is 3.28. The van der Waals surface area contributed by atoms with Crippen LogP contribution in [-0.4, -0.2) is 30.9 Å². The molecule has 51 heavy (non-hydrogen) atoms. The minimum atomic E-state index is -0.778. The Kier molecular flexibility index (Phi) is 8.96. The molecule has 254 valence electrons. The summed E-state index contributed by atoms with van der Waals surface area (Å²) in [7, 11) is 0. The molecule has 4 amide bonds. The Labute approximate surface area is 309 Å². The SMILES string of the molecule is O=C1NC(=O)N(c2cc3c4c(c2)[C@H](c2ccccc2)CCN4CC[C@@H]3c2ccccc2)C(=O)/C1=C/c1ccc(OCc2ccc(Br)cc2)c(Cl)c1. The molecule has 0 aromatic heterocycles. The first kappa shape index (κ1) is 33.0. The fourth-order valence-electron chi connectivity index (χ4n) is 7.49. The Morgan fingerprint density at radius 1 is 0.784 bits per heavy atom. The van der Waals surface area contributed by atoms with Gasteiger partial charge in [0.1, 0.15) is 17.9 Å². The molecule has 1 fully saturated rings. The number of amides is 4. The Hall–Kier alpha value is -5.18. The van der Waals surface area contributed by atoms with Crippen molar-refractivity contribution < 1.29 is 19.1 Å². The van der Waals surface area contributed by atoms with Crippen molar-refractivity contribution in [3.8, 4) is 5.75 Å². The molecule has 3 aliphatic heterocycles. The predicted molar refractivity (Wildman–Crippen MR) is 203 cm³/mol. The van der Waals surface area contributed by atoms with E-state index in [1.807, 2.05) is 72.8 Å². The second-order valence-electron chi connectivity index (χ2n) is 13.0. The highest BCUT2D eigenvalue weighted by Gasteiger charge is 2.40. The zero-order chi connectivity index (χ0) is 35.1. The summed E-state index contributed by atoms with van der Waals surface area (Å²) < 4.78 is 6.90. The van der Waals surface area contributed by atoms with Crippen LogP contribution in [0.1, 0.15) is 58.1 Å². The summed E-state index contributed by atoms with van der Waals surface area (Å²) >= 11 is 10.0. The number of hydrogen-bond donors (Lipinski definition) is 1. The van der Waals surface area contributed by atoms with Gasteiger partial charge >= 0.3 is 6.03 Å². The number of nitrogens with one attached hydrogen (secondary N) is 1. The van der Waals surface area contributed by atoms with Gasteiger partial charge in [-0.05, 0) is 88.7 Å². The summed E-state index contributed by atoms with van der Waals surface area (Å²) in [5.41, 5.74) is 7.47. The van der Waals surface area contributed by atoms with Gasteiger partial charge in [-0.25, -0.2) is 9.69 Å². The van der Waals surface area contributed by atoms with Crippen LogP contribution in [0, 0.1) is 0 Å². The fourth-order valence-corrected chi connectivity index (χ4v) is 8.00. The molecular weight excluding hydrogens is 726 g/mol. The minimum absolute atomic E-state index is 0.0805. The summed E-state index contributed by atoms with van der Waals surface area (Å²) in [4.78, 5) is 44.5. The summed E-state index contributed by atoms with van der Waals surface area (Å²) in [5.74, 6) is -0.828. The molecule has 9 heteroatoms. The largest absolute Gasteiger partial charge is 0.487 e. The number of nitrogens with zero attached hydrogens (tertiary/aromatic N) is 2. The molecular formula is C42H33BrClN3O4. The van der Waals surface area contributed by atoms with Crippen molar-refractivity contribution >= 4 is 62.8 Å². The van der Waals surface area contributed by atoms with E-state index in [-0.39, 0.29) is 17.4 Å². The molecule has 7 nitrogen and oxygen atoms in total. The molecule has 0 spiro atoms.